The molecule has 0 aliphatic carbocycles. The van der Waals surface area contributed by atoms with Crippen molar-refractivity contribution in [2.24, 2.45) is 0 Å². The predicted molar refractivity (Wildman–Crippen MR) is 122 cm³/mol. The van der Waals surface area contributed by atoms with E-state index in [0.717, 1.165) is 32.2 Å². The summed E-state index contributed by atoms with van der Waals surface area (Å²) in [5.74, 6) is 2.03. The van der Waals surface area contributed by atoms with E-state index in [2.05, 4.69) is 51.9 Å². The van der Waals surface area contributed by atoms with Crippen LogP contribution in [0.25, 0.3) is 0 Å². The van der Waals surface area contributed by atoms with E-state index in [1.54, 1.807) is 0 Å². The lowest BCUT2D eigenvalue weighted by atomic mass is 9.85. The molecule has 1 amide bonds. The summed E-state index contributed by atoms with van der Waals surface area (Å²) in [6.07, 6.45) is 4.65. The van der Waals surface area contributed by atoms with Gasteiger partial charge in [0.1, 0.15) is 0 Å². The molecule has 2 unspecified atom stereocenters. The number of hydrogen-bond acceptors (Lipinski definition) is 5. The molecule has 6 heteroatoms. The maximum absolute atomic E-state index is 12.5. The molecule has 0 saturated carbocycles. The molecule has 0 radical (unpaired) electrons. The van der Waals surface area contributed by atoms with Gasteiger partial charge in [0.05, 0.1) is 12.0 Å². The second-order valence-corrected chi connectivity index (χ2v) is 8.90. The first kappa shape index (κ1) is 20.9. The highest BCUT2D eigenvalue weighted by molar-refractivity contribution is 5.77. The van der Waals surface area contributed by atoms with Gasteiger partial charge in [0, 0.05) is 25.4 Å². The minimum Gasteiger partial charge on any atom is -0.423 e. The summed E-state index contributed by atoms with van der Waals surface area (Å²) in [4.78, 5) is 14.4. The molecule has 1 aromatic heterocycles. The molecular weight excluding hydrogens is 400 g/mol. The highest BCUT2D eigenvalue weighted by atomic mass is 16.4. The van der Waals surface area contributed by atoms with Crippen LogP contribution < -0.4 is 5.32 Å². The number of benzene rings is 2. The summed E-state index contributed by atoms with van der Waals surface area (Å²) in [6, 6.07) is 20.9. The molecule has 2 aromatic carbocycles. The zero-order valence-electron chi connectivity index (χ0n) is 18.3. The van der Waals surface area contributed by atoms with E-state index in [-0.39, 0.29) is 17.9 Å². The predicted octanol–water partition coefficient (Wildman–Crippen LogP) is 4.23. The fourth-order valence-electron chi connectivity index (χ4n) is 4.83. The Kier molecular flexibility index (Phi) is 6.30. The van der Waals surface area contributed by atoms with Gasteiger partial charge in [-0.2, -0.15) is 0 Å². The molecule has 3 aromatic rings. The van der Waals surface area contributed by atoms with Gasteiger partial charge in [-0.15, -0.1) is 10.2 Å². The zero-order valence-corrected chi connectivity index (χ0v) is 18.3. The number of aryl methyl sites for hydroxylation is 1. The molecule has 2 aliphatic heterocycles. The van der Waals surface area contributed by atoms with Crippen molar-refractivity contribution < 1.29 is 9.21 Å². The minimum absolute atomic E-state index is 0.0446. The molecule has 2 atom stereocenters. The summed E-state index contributed by atoms with van der Waals surface area (Å²) in [5.41, 5.74) is 2.59. The number of likely N-dealkylation sites (tertiary alicyclic amines) is 1. The van der Waals surface area contributed by atoms with Crippen molar-refractivity contribution in [3.8, 4) is 0 Å². The van der Waals surface area contributed by atoms with Crippen LogP contribution in [0.1, 0.15) is 66.5 Å². The van der Waals surface area contributed by atoms with Crippen molar-refractivity contribution in [3.05, 3.63) is 83.6 Å². The van der Waals surface area contributed by atoms with Crippen LogP contribution in [0.5, 0.6) is 0 Å². The van der Waals surface area contributed by atoms with E-state index in [1.807, 2.05) is 29.2 Å². The van der Waals surface area contributed by atoms with Crippen LogP contribution in [0.3, 0.4) is 0 Å². The Bertz CT molecular complexity index is 1010. The van der Waals surface area contributed by atoms with Gasteiger partial charge in [-0.1, -0.05) is 60.7 Å². The van der Waals surface area contributed by atoms with Crippen LogP contribution in [0.4, 0.5) is 0 Å². The monoisotopic (exact) mass is 430 g/mol. The Morgan fingerprint density at radius 3 is 2.50 bits per heavy atom. The smallest absolute Gasteiger partial charge is 0.234 e. The number of aromatic nitrogens is 2. The maximum Gasteiger partial charge on any atom is 0.234 e. The third-order valence-corrected chi connectivity index (χ3v) is 6.69. The number of rotatable bonds is 7. The van der Waals surface area contributed by atoms with Crippen molar-refractivity contribution in [2.45, 2.75) is 50.0 Å². The van der Waals surface area contributed by atoms with Crippen LogP contribution in [-0.2, 0) is 11.2 Å². The van der Waals surface area contributed by atoms with Crippen LogP contribution in [-0.4, -0.2) is 40.6 Å². The van der Waals surface area contributed by atoms with Crippen molar-refractivity contribution in [3.63, 3.8) is 0 Å². The topological polar surface area (TPSA) is 71.3 Å². The quantitative estimate of drug-likeness (QED) is 0.607. The Hall–Kier alpha value is -2.99. The van der Waals surface area contributed by atoms with E-state index >= 15 is 0 Å². The normalized spacial score (nSPS) is 21.3. The summed E-state index contributed by atoms with van der Waals surface area (Å²) >= 11 is 0. The molecule has 5 rings (SSSR count). The SMILES string of the molecule is O=C(CCCc1ccccc1)N1CC(c2nnc(C3NCCCC3c3ccccc3)o2)C1. The molecule has 1 N–H and O–H groups in total. The van der Waals surface area contributed by atoms with Gasteiger partial charge in [0.2, 0.25) is 17.7 Å². The summed E-state index contributed by atoms with van der Waals surface area (Å²) in [6.45, 7) is 2.30. The standard InChI is InChI=1S/C26H30N4O2/c31-23(15-7-11-19-9-3-1-4-10-19)30-17-21(18-30)25-28-29-26(32-25)24-22(14-8-16-27-24)20-12-5-2-6-13-20/h1-6,9-10,12-13,21-22,24,27H,7-8,11,14-18H2. The van der Waals surface area contributed by atoms with Crippen molar-refractivity contribution >= 4 is 5.91 Å². The summed E-state index contributed by atoms with van der Waals surface area (Å²) in [7, 11) is 0. The number of nitrogens with one attached hydrogen (secondary N) is 1. The van der Waals surface area contributed by atoms with Gasteiger partial charge in [0.15, 0.2) is 0 Å². The second-order valence-electron chi connectivity index (χ2n) is 8.90. The van der Waals surface area contributed by atoms with E-state index in [4.69, 9.17) is 4.42 Å². The molecule has 0 bridgehead atoms. The number of amides is 1. The molecule has 166 valence electrons. The van der Waals surface area contributed by atoms with Crippen LogP contribution in [0, 0.1) is 0 Å². The van der Waals surface area contributed by atoms with Gasteiger partial charge in [-0.3, -0.25) is 4.79 Å². The van der Waals surface area contributed by atoms with Crippen molar-refractivity contribution in [1.82, 2.24) is 20.4 Å². The first-order valence-electron chi connectivity index (χ1n) is 11.7. The minimum atomic E-state index is 0.0446. The molecule has 0 spiro atoms. The van der Waals surface area contributed by atoms with Crippen LogP contribution in [0.15, 0.2) is 65.1 Å². The average Bonchev–Trinajstić information content (AvgIpc) is 3.29. The van der Waals surface area contributed by atoms with Crippen molar-refractivity contribution in [1.29, 1.82) is 0 Å². The van der Waals surface area contributed by atoms with E-state index < -0.39 is 0 Å². The van der Waals surface area contributed by atoms with Crippen LogP contribution in [0.2, 0.25) is 0 Å². The van der Waals surface area contributed by atoms with Crippen molar-refractivity contribution in [2.75, 3.05) is 19.6 Å². The number of piperidine rings is 1. The average molecular weight is 431 g/mol. The fraction of sp³-hybridized carbons (Fsp3) is 0.423. The number of nitrogens with zero attached hydrogens (tertiary/aromatic N) is 3. The Morgan fingerprint density at radius 2 is 1.72 bits per heavy atom. The first-order chi connectivity index (χ1) is 15.8. The van der Waals surface area contributed by atoms with Gasteiger partial charge in [-0.25, -0.2) is 0 Å². The third kappa shape index (κ3) is 4.60. The number of hydrogen-bond donors (Lipinski definition) is 1. The Balaban J connectivity index is 1.14. The van der Waals surface area contributed by atoms with E-state index in [9.17, 15) is 4.79 Å². The largest absolute Gasteiger partial charge is 0.423 e. The maximum atomic E-state index is 12.5. The number of carbonyl (C=O) groups excluding carboxylic acids is 1. The molecule has 32 heavy (non-hydrogen) atoms. The molecule has 2 aliphatic rings. The highest BCUT2D eigenvalue weighted by Gasteiger charge is 2.37. The van der Waals surface area contributed by atoms with E-state index in [1.165, 1.54) is 11.1 Å². The van der Waals surface area contributed by atoms with Gasteiger partial charge >= 0.3 is 0 Å². The lowest BCUT2D eigenvalue weighted by Gasteiger charge is -2.37. The first-order valence-corrected chi connectivity index (χ1v) is 11.7. The molecule has 3 heterocycles. The van der Waals surface area contributed by atoms with Gasteiger partial charge in [0.25, 0.3) is 0 Å². The molecular formula is C26H30N4O2. The zero-order chi connectivity index (χ0) is 21.8. The molecule has 2 saturated heterocycles. The third-order valence-electron chi connectivity index (χ3n) is 6.69. The molecule has 6 nitrogen and oxygen atoms in total. The second kappa shape index (κ2) is 9.65. The highest BCUT2D eigenvalue weighted by Crippen LogP contribution is 2.37. The van der Waals surface area contributed by atoms with E-state index in [0.29, 0.717) is 37.2 Å². The van der Waals surface area contributed by atoms with Gasteiger partial charge < -0.3 is 14.6 Å². The molecule has 2 fully saturated rings. The van der Waals surface area contributed by atoms with Gasteiger partial charge in [-0.05, 0) is 43.4 Å². The van der Waals surface area contributed by atoms with Crippen LogP contribution >= 0.6 is 0 Å². The Labute approximate surface area is 189 Å². The summed E-state index contributed by atoms with van der Waals surface area (Å²) in [5, 5.41) is 12.3. The summed E-state index contributed by atoms with van der Waals surface area (Å²) < 4.78 is 6.12. The lowest BCUT2D eigenvalue weighted by Crippen LogP contribution is -2.48. The number of carbonyl (C=O) groups is 1. The Morgan fingerprint density at radius 1 is 1.00 bits per heavy atom. The lowest BCUT2D eigenvalue weighted by molar-refractivity contribution is -0.136. The fourth-order valence-corrected chi connectivity index (χ4v) is 4.83.